The van der Waals surface area contributed by atoms with Gasteiger partial charge in [0.15, 0.2) is 0 Å². The second-order valence-corrected chi connectivity index (χ2v) is 9.48. The van der Waals surface area contributed by atoms with Crippen LogP contribution in [0.1, 0.15) is 56.4 Å². The van der Waals surface area contributed by atoms with E-state index in [1.807, 2.05) is 16.8 Å². The molecule has 7 nitrogen and oxygen atoms in total. The van der Waals surface area contributed by atoms with Crippen LogP contribution in [0, 0.1) is 17.8 Å². The predicted molar refractivity (Wildman–Crippen MR) is 112 cm³/mol. The van der Waals surface area contributed by atoms with Gasteiger partial charge in [-0.15, -0.1) is 5.10 Å². The average Bonchev–Trinajstić information content (AvgIpc) is 3.45. The van der Waals surface area contributed by atoms with Crippen LogP contribution >= 0.6 is 0 Å². The summed E-state index contributed by atoms with van der Waals surface area (Å²) in [6.45, 7) is 3.29. The Morgan fingerprint density at radius 1 is 1.23 bits per heavy atom. The van der Waals surface area contributed by atoms with Gasteiger partial charge in [0.2, 0.25) is 5.91 Å². The van der Waals surface area contributed by atoms with Crippen LogP contribution in [-0.4, -0.2) is 44.9 Å². The molecular weight excluding hydrogens is 378 g/mol. The molecule has 0 spiro atoms. The summed E-state index contributed by atoms with van der Waals surface area (Å²) in [5.74, 6) is 2.30. The van der Waals surface area contributed by atoms with Crippen molar-refractivity contribution in [1.29, 1.82) is 0 Å². The third-order valence-corrected chi connectivity index (χ3v) is 7.44. The number of fused-ring (bicyclic) bond motifs is 3. The lowest BCUT2D eigenvalue weighted by Crippen LogP contribution is -2.57. The van der Waals surface area contributed by atoms with Crippen LogP contribution in [0.5, 0.6) is 0 Å². The molecule has 1 unspecified atom stereocenters. The first-order valence-electron chi connectivity index (χ1n) is 11.7. The minimum Gasteiger partial charge on any atom is -0.467 e. The standard InChI is InChI=1S/C23H33N5O2/c29-23(24-13-21-7-4-10-30-21)22-16-27-9-8-18(22)12-20(27)15-28-14-19(25-26-28)11-17-5-2-1-3-6-17/h4,7,10,14,17-18,20,22H,1-3,5-6,8-9,11-13,15-16H2,(H,24,29)/t18-,20+,22+/m0/s1. The monoisotopic (exact) mass is 411 g/mol. The van der Waals surface area contributed by atoms with E-state index in [1.165, 1.54) is 32.1 Å². The van der Waals surface area contributed by atoms with Gasteiger partial charge >= 0.3 is 0 Å². The molecule has 4 atom stereocenters. The van der Waals surface area contributed by atoms with E-state index in [-0.39, 0.29) is 11.8 Å². The molecule has 162 valence electrons. The second-order valence-electron chi connectivity index (χ2n) is 9.48. The van der Waals surface area contributed by atoms with Gasteiger partial charge in [-0.2, -0.15) is 0 Å². The molecule has 1 amide bonds. The second kappa shape index (κ2) is 8.92. The number of nitrogens with zero attached hydrogens (tertiary/aromatic N) is 4. The summed E-state index contributed by atoms with van der Waals surface area (Å²) in [5, 5.41) is 11.9. The van der Waals surface area contributed by atoms with E-state index in [2.05, 4.69) is 26.7 Å². The largest absolute Gasteiger partial charge is 0.467 e. The SMILES string of the molecule is O=C(NCc1ccco1)[C@@H]1CN2CC[C@H]1C[C@@H]2Cn1cc(CC2CCCCC2)nn1. The number of aromatic nitrogens is 3. The first-order valence-corrected chi connectivity index (χ1v) is 11.7. The average molecular weight is 412 g/mol. The van der Waals surface area contributed by atoms with E-state index in [1.54, 1.807) is 6.26 Å². The van der Waals surface area contributed by atoms with Crippen LogP contribution < -0.4 is 5.32 Å². The summed E-state index contributed by atoms with van der Waals surface area (Å²) in [7, 11) is 0. The van der Waals surface area contributed by atoms with Crippen molar-refractivity contribution in [3.63, 3.8) is 0 Å². The Labute approximate surface area is 178 Å². The number of furan rings is 1. The molecule has 7 heteroatoms. The van der Waals surface area contributed by atoms with Gasteiger partial charge in [0.25, 0.3) is 0 Å². The van der Waals surface area contributed by atoms with E-state index >= 15 is 0 Å². The van der Waals surface area contributed by atoms with Gasteiger partial charge in [-0.3, -0.25) is 14.4 Å². The molecule has 1 saturated carbocycles. The van der Waals surface area contributed by atoms with Gasteiger partial charge in [-0.1, -0.05) is 37.3 Å². The molecule has 6 rings (SSSR count). The lowest BCUT2D eigenvalue weighted by molar-refractivity contribution is -0.133. The number of rotatable bonds is 7. The zero-order valence-corrected chi connectivity index (χ0v) is 17.7. The molecule has 1 aliphatic carbocycles. The number of hydrogen-bond donors (Lipinski definition) is 1. The molecule has 3 aliphatic heterocycles. The van der Waals surface area contributed by atoms with Crippen molar-refractivity contribution in [2.45, 2.75) is 70.5 Å². The number of piperidine rings is 3. The summed E-state index contributed by atoms with van der Waals surface area (Å²) in [6.07, 6.45) is 13.9. The van der Waals surface area contributed by atoms with Crippen LogP contribution in [0.15, 0.2) is 29.0 Å². The summed E-state index contributed by atoms with van der Waals surface area (Å²) in [6, 6.07) is 4.21. The fourth-order valence-corrected chi connectivity index (χ4v) is 5.77. The highest BCUT2D eigenvalue weighted by molar-refractivity contribution is 5.79. The summed E-state index contributed by atoms with van der Waals surface area (Å²) < 4.78 is 7.36. The van der Waals surface area contributed by atoms with Crippen LogP contribution in [0.2, 0.25) is 0 Å². The zero-order valence-electron chi connectivity index (χ0n) is 17.7. The lowest BCUT2D eigenvalue weighted by atomic mass is 9.75. The predicted octanol–water partition coefficient (Wildman–Crippen LogP) is 3.02. The summed E-state index contributed by atoms with van der Waals surface area (Å²) >= 11 is 0. The molecule has 3 saturated heterocycles. The van der Waals surface area contributed by atoms with Crippen LogP contribution in [0.4, 0.5) is 0 Å². The van der Waals surface area contributed by atoms with Crippen molar-refractivity contribution in [1.82, 2.24) is 25.2 Å². The highest BCUT2D eigenvalue weighted by atomic mass is 16.3. The molecule has 4 fully saturated rings. The summed E-state index contributed by atoms with van der Waals surface area (Å²) in [5.41, 5.74) is 1.15. The number of carbonyl (C=O) groups excluding carboxylic acids is 1. The van der Waals surface area contributed by atoms with Crippen molar-refractivity contribution in [2.24, 2.45) is 17.8 Å². The van der Waals surface area contributed by atoms with Crippen molar-refractivity contribution < 1.29 is 9.21 Å². The lowest BCUT2D eigenvalue weighted by Gasteiger charge is -2.49. The molecule has 2 bridgehead atoms. The van der Waals surface area contributed by atoms with Crippen molar-refractivity contribution in [2.75, 3.05) is 13.1 Å². The quantitative estimate of drug-likeness (QED) is 0.758. The molecule has 2 aromatic rings. The molecule has 0 aromatic carbocycles. The Morgan fingerprint density at radius 3 is 2.90 bits per heavy atom. The number of amides is 1. The van der Waals surface area contributed by atoms with Gasteiger partial charge in [-0.05, 0) is 49.8 Å². The number of carbonyl (C=O) groups is 1. The van der Waals surface area contributed by atoms with Gasteiger partial charge < -0.3 is 9.73 Å². The number of nitrogens with one attached hydrogen (secondary N) is 1. The van der Waals surface area contributed by atoms with Gasteiger partial charge in [0, 0.05) is 18.8 Å². The van der Waals surface area contributed by atoms with Crippen LogP contribution in [0.25, 0.3) is 0 Å². The van der Waals surface area contributed by atoms with E-state index in [0.717, 1.165) is 56.3 Å². The molecule has 1 N–H and O–H groups in total. The maximum atomic E-state index is 12.7. The van der Waals surface area contributed by atoms with Crippen molar-refractivity contribution >= 4 is 5.91 Å². The Balaban J connectivity index is 1.13. The maximum Gasteiger partial charge on any atom is 0.225 e. The van der Waals surface area contributed by atoms with E-state index in [9.17, 15) is 4.79 Å². The molecule has 4 aliphatic rings. The Hall–Kier alpha value is -2.15. The van der Waals surface area contributed by atoms with Crippen molar-refractivity contribution in [3.05, 3.63) is 36.0 Å². The fraction of sp³-hybridized carbons (Fsp3) is 0.696. The van der Waals surface area contributed by atoms with E-state index < -0.39 is 0 Å². The van der Waals surface area contributed by atoms with Crippen molar-refractivity contribution in [3.8, 4) is 0 Å². The van der Waals surface area contributed by atoms with Gasteiger partial charge in [0.05, 0.1) is 31.0 Å². The molecule has 2 aromatic heterocycles. The van der Waals surface area contributed by atoms with Gasteiger partial charge in [-0.25, -0.2) is 0 Å². The number of hydrogen-bond acceptors (Lipinski definition) is 5. The topological polar surface area (TPSA) is 76.2 Å². The van der Waals surface area contributed by atoms with Crippen LogP contribution in [0.3, 0.4) is 0 Å². The third kappa shape index (κ3) is 4.46. The zero-order chi connectivity index (χ0) is 20.3. The van der Waals surface area contributed by atoms with Gasteiger partial charge in [0.1, 0.15) is 5.76 Å². The Morgan fingerprint density at radius 2 is 2.13 bits per heavy atom. The highest BCUT2D eigenvalue weighted by Gasteiger charge is 2.43. The summed E-state index contributed by atoms with van der Waals surface area (Å²) in [4.78, 5) is 15.2. The first-order chi connectivity index (χ1) is 14.7. The minimum absolute atomic E-state index is 0.0857. The molecular formula is C23H33N5O2. The Kier molecular flexibility index (Phi) is 5.88. The maximum absolute atomic E-state index is 12.7. The van der Waals surface area contributed by atoms with E-state index in [4.69, 9.17) is 4.42 Å². The normalized spacial score (nSPS) is 29.2. The Bertz CT molecular complexity index is 827. The first kappa shape index (κ1) is 19.8. The highest BCUT2D eigenvalue weighted by Crippen LogP contribution is 2.37. The third-order valence-electron chi connectivity index (χ3n) is 7.44. The smallest absolute Gasteiger partial charge is 0.225 e. The molecule has 30 heavy (non-hydrogen) atoms. The molecule has 0 radical (unpaired) electrons. The minimum atomic E-state index is 0.0857. The van der Waals surface area contributed by atoms with E-state index in [0.29, 0.717) is 18.5 Å². The molecule has 5 heterocycles. The fourth-order valence-electron chi connectivity index (χ4n) is 5.77. The van der Waals surface area contributed by atoms with Crippen LogP contribution in [-0.2, 0) is 24.3 Å².